The van der Waals surface area contributed by atoms with E-state index in [1.165, 1.54) is 0 Å². The van der Waals surface area contributed by atoms with Crippen LogP contribution in [0.4, 0.5) is 0 Å². The highest BCUT2D eigenvalue weighted by atomic mass is 79.9. The molecule has 0 bridgehead atoms. The predicted octanol–water partition coefficient (Wildman–Crippen LogP) is 1.30. The maximum absolute atomic E-state index is 11.9. The summed E-state index contributed by atoms with van der Waals surface area (Å²) in [6.45, 7) is 5.26. The molecule has 104 valence electrons. The maximum atomic E-state index is 11.9. The Morgan fingerprint density at radius 3 is 3.00 bits per heavy atom. The van der Waals surface area contributed by atoms with E-state index >= 15 is 0 Å². The van der Waals surface area contributed by atoms with Crippen LogP contribution in [-0.4, -0.2) is 55.2 Å². The van der Waals surface area contributed by atoms with Crippen molar-refractivity contribution in [2.45, 2.75) is 6.42 Å². The molecular weight excluding hydrogens is 310 g/mol. The van der Waals surface area contributed by atoms with E-state index in [9.17, 15) is 4.79 Å². The van der Waals surface area contributed by atoms with Gasteiger partial charge in [0.1, 0.15) is 5.69 Å². The van der Waals surface area contributed by atoms with Crippen LogP contribution < -0.4 is 5.32 Å². The Morgan fingerprint density at radius 1 is 1.47 bits per heavy atom. The van der Waals surface area contributed by atoms with E-state index in [1.807, 2.05) is 6.07 Å². The van der Waals surface area contributed by atoms with Crippen molar-refractivity contribution in [1.82, 2.24) is 15.2 Å². The molecule has 1 saturated heterocycles. The number of carbonyl (C=O) groups is 1. The summed E-state index contributed by atoms with van der Waals surface area (Å²) in [7, 11) is 0. The molecule has 1 aliphatic heterocycles. The number of carbonyl (C=O) groups excluding carboxylic acids is 1. The van der Waals surface area contributed by atoms with Gasteiger partial charge in [0.15, 0.2) is 0 Å². The maximum Gasteiger partial charge on any atom is 0.271 e. The number of nitrogens with zero attached hydrogens (tertiary/aromatic N) is 2. The van der Waals surface area contributed by atoms with Crippen molar-refractivity contribution in [3.63, 3.8) is 0 Å². The van der Waals surface area contributed by atoms with Crippen LogP contribution in [0.25, 0.3) is 0 Å². The second-order valence-corrected chi connectivity index (χ2v) is 5.25. The van der Waals surface area contributed by atoms with Crippen LogP contribution in [0.15, 0.2) is 22.8 Å². The number of amides is 1. The van der Waals surface area contributed by atoms with Gasteiger partial charge in [0, 0.05) is 30.3 Å². The second-order valence-electron chi connectivity index (χ2n) is 4.40. The van der Waals surface area contributed by atoms with Gasteiger partial charge in [-0.2, -0.15) is 0 Å². The van der Waals surface area contributed by atoms with Crippen molar-refractivity contribution in [3.05, 3.63) is 28.5 Å². The number of ether oxygens (including phenoxy) is 1. The van der Waals surface area contributed by atoms with Gasteiger partial charge in [0.25, 0.3) is 5.91 Å². The van der Waals surface area contributed by atoms with E-state index in [2.05, 4.69) is 31.1 Å². The zero-order valence-electron chi connectivity index (χ0n) is 10.8. The first-order chi connectivity index (χ1) is 9.27. The lowest BCUT2D eigenvalue weighted by atomic mass is 10.3. The van der Waals surface area contributed by atoms with Crippen LogP contribution in [0.1, 0.15) is 16.9 Å². The smallest absolute Gasteiger partial charge is 0.271 e. The van der Waals surface area contributed by atoms with Crippen molar-refractivity contribution in [2.24, 2.45) is 0 Å². The largest absolute Gasteiger partial charge is 0.379 e. The molecule has 1 aromatic rings. The molecule has 0 aliphatic carbocycles. The van der Waals surface area contributed by atoms with E-state index in [0.717, 1.165) is 43.7 Å². The molecule has 0 spiro atoms. The predicted molar refractivity (Wildman–Crippen MR) is 76.1 cm³/mol. The minimum atomic E-state index is -0.130. The van der Waals surface area contributed by atoms with E-state index in [-0.39, 0.29) is 5.91 Å². The van der Waals surface area contributed by atoms with Gasteiger partial charge < -0.3 is 10.1 Å². The number of morpholine rings is 1. The fourth-order valence-corrected chi connectivity index (χ4v) is 2.40. The molecule has 0 atom stereocenters. The molecule has 19 heavy (non-hydrogen) atoms. The summed E-state index contributed by atoms with van der Waals surface area (Å²) in [6, 6.07) is 3.61. The fourth-order valence-electron chi connectivity index (χ4n) is 1.97. The van der Waals surface area contributed by atoms with Crippen LogP contribution in [-0.2, 0) is 4.74 Å². The standard InChI is InChI=1S/C13H18BrN3O2/c14-11-3-1-4-15-12(11)13(18)16-5-2-6-17-7-9-19-10-8-17/h1,3-4H,2,5-10H2,(H,16,18). The SMILES string of the molecule is O=C(NCCCN1CCOCC1)c1ncccc1Br. The topological polar surface area (TPSA) is 54.5 Å². The van der Waals surface area contributed by atoms with Crippen molar-refractivity contribution in [1.29, 1.82) is 0 Å². The molecular formula is C13H18BrN3O2. The molecule has 0 radical (unpaired) electrons. The Bertz CT molecular complexity index is 422. The Hall–Kier alpha value is -0.980. The molecule has 5 nitrogen and oxygen atoms in total. The molecule has 2 rings (SSSR count). The number of hydrogen-bond donors (Lipinski definition) is 1. The lowest BCUT2D eigenvalue weighted by Crippen LogP contribution is -2.38. The summed E-state index contributed by atoms with van der Waals surface area (Å²) in [6.07, 6.45) is 2.56. The fraction of sp³-hybridized carbons (Fsp3) is 0.538. The molecule has 6 heteroatoms. The zero-order chi connectivity index (χ0) is 13.5. The van der Waals surface area contributed by atoms with E-state index in [4.69, 9.17) is 4.74 Å². The summed E-state index contributed by atoms with van der Waals surface area (Å²) in [5.74, 6) is -0.130. The second kappa shape index (κ2) is 7.57. The third kappa shape index (κ3) is 4.56. The number of rotatable bonds is 5. The van der Waals surface area contributed by atoms with E-state index in [0.29, 0.717) is 12.2 Å². The van der Waals surface area contributed by atoms with Crippen LogP contribution in [0.2, 0.25) is 0 Å². The summed E-state index contributed by atoms with van der Waals surface area (Å²) in [4.78, 5) is 18.3. The third-order valence-corrected chi connectivity index (χ3v) is 3.65. The van der Waals surface area contributed by atoms with Gasteiger partial charge in [-0.3, -0.25) is 9.69 Å². The minimum Gasteiger partial charge on any atom is -0.379 e. The molecule has 1 fully saturated rings. The zero-order valence-corrected chi connectivity index (χ0v) is 12.4. The molecule has 0 saturated carbocycles. The number of nitrogens with one attached hydrogen (secondary N) is 1. The molecule has 0 unspecified atom stereocenters. The van der Waals surface area contributed by atoms with Crippen molar-refractivity contribution in [3.8, 4) is 0 Å². The van der Waals surface area contributed by atoms with Gasteiger partial charge in [-0.05, 0) is 41.0 Å². The summed E-state index contributed by atoms with van der Waals surface area (Å²) >= 11 is 3.32. The van der Waals surface area contributed by atoms with Gasteiger partial charge in [0.05, 0.1) is 13.2 Å². The highest BCUT2D eigenvalue weighted by Gasteiger charge is 2.12. The van der Waals surface area contributed by atoms with E-state index < -0.39 is 0 Å². The molecule has 1 aliphatic rings. The lowest BCUT2D eigenvalue weighted by Gasteiger charge is -2.26. The van der Waals surface area contributed by atoms with Crippen molar-refractivity contribution in [2.75, 3.05) is 39.4 Å². The Kier molecular flexibility index (Phi) is 5.75. The first-order valence-electron chi connectivity index (χ1n) is 6.46. The number of aromatic nitrogens is 1. The Balaban J connectivity index is 1.68. The lowest BCUT2D eigenvalue weighted by molar-refractivity contribution is 0.0374. The van der Waals surface area contributed by atoms with Crippen LogP contribution in [0.3, 0.4) is 0 Å². The highest BCUT2D eigenvalue weighted by molar-refractivity contribution is 9.10. The normalized spacial score (nSPS) is 16.3. The van der Waals surface area contributed by atoms with Gasteiger partial charge in [-0.1, -0.05) is 0 Å². The minimum absolute atomic E-state index is 0.130. The first kappa shape index (κ1) is 14.4. The molecule has 2 heterocycles. The number of halogens is 1. The molecule has 1 N–H and O–H groups in total. The third-order valence-electron chi connectivity index (χ3n) is 3.01. The Labute approximate surface area is 121 Å². The van der Waals surface area contributed by atoms with Gasteiger partial charge in [0.2, 0.25) is 0 Å². The molecule has 1 aromatic heterocycles. The quantitative estimate of drug-likeness (QED) is 0.828. The van der Waals surface area contributed by atoms with Crippen LogP contribution in [0.5, 0.6) is 0 Å². The molecule has 1 amide bonds. The Morgan fingerprint density at radius 2 is 2.26 bits per heavy atom. The summed E-state index contributed by atoms with van der Waals surface area (Å²) in [5.41, 5.74) is 0.439. The average Bonchev–Trinajstić information content (AvgIpc) is 2.45. The first-order valence-corrected chi connectivity index (χ1v) is 7.25. The van der Waals surface area contributed by atoms with Crippen LogP contribution in [0, 0.1) is 0 Å². The van der Waals surface area contributed by atoms with Crippen LogP contribution >= 0.6 is 15.9 Å². The number of pyridine rings is 1. The van der Waals surface area contributed by atoms with Crippen molar-refractivity contribution >= 4 is 21.8 Å². The summed E-state index contributed by atoms with van der Waals surface area (Å²) < 4.78 is 6.01. The van der Waals surface area contributed by atoms with Crippen molar-refractivity contribution < 1.29 is 9.53 Å². The monoisotopic (exact) mass is 327 g/mol. The molecule has 0 aromatic carbocycles. The highest BCUT2D eigenvalue weighted by Crippen LogP contribution is 2.12. The number of hydrogen-bond acceptors (Lipinski definition) is 4. The van der Waals surface area contributed by atoms with Gasteiger partial charge in [-0.25, -0.2) is 4.98 Å². The summed E-state index contributed by atoms with van der Waals surface area (Å²) in [5, 5.41) is 2.89. The van der Waals surface area contributed by atoms with E-state index in [1.54, 1.807) is 12.3 Å². The van der Waals surface area contributed by atoms with Gasteiger partial charge in [-0.15, -0.1) is 0 Å². The average molecular weight is 328 g/mol. The van der Waals surface area contributed by atoms with Gasteiger partial charge >= 0.3 is 0 Å².